The molecular formula is C58H38N2O. The summed E-state index contributed by atoms with van der Waals surface area (Å²) >= 11 is 0. The van der Waals surface area contributed by atoms with E-state index >= 15 is 0 Å². The summed E-state index contributed by atoms with van der Waals surface area (Å²) in [5, 5.41) is 7.08. The minimum Gasteiger partial charge on any atom is -0.456 e. The van der Waals surface area contributed by atoms with Crippen molar-refractivity contribution in [1.29, 1.82) is 0 Å². The highest BCUT2D eigenvalue weighted by molar-refractivity contribution is 6.12. The summed E-state index contributed by atoms with van der Waals surface area (Å²) in [6, 6.07) is 83.0. The third kappa shape index (κ3) is 5.74. The van der Waals surface area contributed by atoms with Crippen molar-refractivity contribution < 1.29 is 4.42 Å². The maximum absolute atomic E-state index is 6.57. The van der Waals surface area contributed by atoms with E-state index in [0.29, 0.717) is 0 Å². The number of hydrogen-bond acceptors (Lipinski definition) is 2. The fourth-order valence-corrected chi connectivity index (χ4v) is 9.49. The number of fused-ring (bicyclic) bond motifs is 7. The highest BCUT2D eigenvalue weighted by Gasteiger charge is 2.24. The minimum absolute atomic E-state index is 0.852. The van der Waals surface area contributed by atoms with Crippen LogP contribution in [0.5, 0.6) is 0 Å². The molecule has 0 unspecified atom stereocenters. The van der Waals surface area contributed by atoms with Crippen molar-refractivity contribution in [2.24, 2.45) is 0 Å². The zero-order valence-corrected chi connectivity index (χ0v) is 33.2. The van der Waals surface area contributed by atoms with Crippen molar-refractivity contribution in [2.75, 3.05) is 4.90 Å². The van der Waals surface area contributed by atoms with E-state index in [-0.39, 0.29) is 0 Å². The van der Waals surface area contributed by atoms with Crippen LogP contribution in [-0.4, -0.2) is 4.57 Å². The van der Waals surface area contributed by atoms with Gasteiger partial charge in [-0.3, -0.25) is 0 Å². The lowest BCUT2D eigenvalue weighted by Crippen LogP contribution is -2.12. The molecule has 0 saturated carbocycles. The van der Waals surface area contributed by atoms with Crippen LogP contribution in [0, 0.1) is 0 Å². The highest BCUT2D eigenvalue weighted by Crippen LogP contribution is 2.48. The number of para-hydroxylation sites is 5. The van der Waals surface area contributed by atoms with Gasteiger partial charge in [0.2, 0.25) is 0 Å². The summed E-state index contributed by atoms with van der Waals surface area (Å²) in [6.07, 6.45) is 0. The first-order valence-corrected chi connectivity index (χ1v) is 20.8. The Bertz CT molecular complexity index is 3590. The first-order valence-electron chi connectivity index (χ1n) is 20.8. The molecule has 2 heterocycles. The van der Waals surface area contributed by atoms with Gasteiger partial charge < -0.3 is 13.9 Å². The van der Waals surface area contributed by atoms with Crippen LogP contribution < -0.4 is 4.90 Å². The van der Waals surface area contributed by atoms with Gasteiger partial charge in [-0.15, -0.1) is 0 Å². The second-order valence-electron chi connectivity index (χ2n) is 15.6. The Balaban J connectivity index is 1.11. The van der Waals surface area contributed by atoms with Crippen LogP contribution in [0.15, 0.2) is 235 Å². The Kier molecular flexibility index (Phi) is 8.17. The monoisotopic (exact) mass is 778 g/mol. The highest BCUT2D eigenvalue weighted by atomic mass is 16.3. The van der Waals surface area contributed by atoms with E-state index in [1.54, 1.807) is 0 Å². The van der Waals surface area contributed by atoms with Gasteiger partial charge in [0, 0.05) is 50.1 Å². The molecule has 0 amide bonds. The summed E-state index contributed by atoms with van der Waals surface area (Å²) in [5.74, 6) is 0. The van der Waals surface area contributed by atoms with Gasteiger partial charge in [0.1, 0.15) is 11.2 Å². The van der Waals surface area contributed by atoms with E-state index in [9.17, 15) is 0 Å². The molecule has 2 aromatic heterocycles. The molecule has 3 heteroatoms. The Morgan fingerprint density at radius 2 is 0.951 bits per heavy atom. The number of nitrogens with zero attached hydrogens (tertiary/aromatic N) is 2. The lowest BCUT2D eigenvalue weighted by Gasteiger charge is -2.30. The molecule has 0 saturated heterocycles. The molecule has 0 bridgehead atoms. The molecule has 0 aliphatic rings. The molecule has 10 aromatic carbocycles. The second-order valence-corrected chi connectivity index (χ2v) is 15.6. The fraction of sp³-hybridized carbons (Fsp3) is 0. The van der Waals surface area contributed by atoms with Crippen LogP contribution in [0.3, 0.4) is 0 Å². The predicted molar refractivity (Wildman–Crippen MR) is 257 cm³/mol. The fourth-order valence-electron chi connectivity index (χ4n) is 9.49. The van der Waals surface area contributed by atoms with Gasteiger partial charge in [0.25, 0.3) is 0 Å². The molecule has 286 valence electrons. The zero-order chi connectivity index (χ0) is 40.3. The molecule has 0 radical (unpaired) electrons. The third-order valence-electron chi connectivity index (χ3n) is 12.2. The number of aromatic nitrogens is 1. The summed E-state index contributed by atoms with van der Waals surface area (Å²) in [4.78, 5) is 2.43. The lowest BCUT2D eigenvalue weighted by atomic mass is 9.90. The third-order valence-corrected chi connectivity index (χ3v) is 12.2. The topological polar surface area (TPSA) is 21.3 Å². The average molecular weight is 779 g/mol. The first-order chi connectivity index (χ1) is 30.3. The van der Waals surface area contributed by atoms with E-state index in [4.69, 9.17) is 4.42 Å². The number of furan rings is 1. The van der Waals surface area contributed by atoms with Crippen molar-refractivity contribution in [3.05, 3.63) is 231 Å². The van der Waals surface area contributed by atoms with Crippen LogP contribution >= 0.6 is 0 Å². The van der Waals surface area contributed by atoms with Crippen molar-refractivity contribution in [3.63, 3.8) is 0 Å². The molecule has 12 aromatic rings. The number of benzene rings is 10. The number of anilines is 3. The largest absolute Gasteiger partial charge is 0.456 e. The lowest BCUT2D eigenvalue weighted by molar-refractivity contribution is 0.669. The molecule has 12 rings (SSSR count). The molecule has 61 heavy (non-hydrogen) atoms. The zero-order valence-electron chi connectivity index (χ0n) is 33.2. The van der Waals surface area contributed by atoms with Gasteiger partial charge >= 0.3 is 0 Å². The van der Waals surface area contributed by atoms with E-state index in [0.717, 1.165) is 61.4 Å². The maximum Gasteiger partial charge on any atom is 0.137 e. The summed E-state index contributed by atoms with van der Waals surface area (Å²) in [5.41, 5.74) is 15.4. The quantitative estimate of drug-likeness (QED) is 0.161. The minimum atomic E-state index is 0.852. The molecule has 3 nitrogen and oxygen atoms in total. The smallest absolute Gasteiger partial charge is 0.137 e. The number of hydrogen-bond donors (Lipinski definition) is 0. The van der Waals surface area contributed by atoms with Gasteiger partial charge in [-0.05, 0) is 93.7 Å². The molecule has 0 N–H and O–H groups in total. The Morgan fingerprint density at radius 3 is 1.77 bits per heavy atom. The van der Waals surface area contributed by atoms with Crippen LogP contribution in [-0.2, 0) is 0 Å². The average Bonchev–Trinajstić information content (AvgIpc) is 3.87. The van der Waals surface area contributed by atoms with E-state index in [2.05, 4.69) is 228 Å². The Hall–Kier alpha value is -8.14. The summed E-state index contributed by atoms with van der Waals surface area (Å²) in [6.45, 7) is 0. The van der Waals surface area contributed by atoms with E-state index in [1.165, 1.54) is 49.3 Å². The maximum atomic E-state index is 6.57. The predicted octanol–water partition coefficient (Wildman–Crippen LogP) is 16.3. The molecule has 0 atom stereocenters. The van der Waals surface area contributed by atoms with Gasteiger partial charge in [-0.1, -0.05) is 164 Å². The van der Waals surface area contributed by atoms with Crippen LogP contribution in [0.1, 0.15) is 0 Å². The second kappa shape index (κ2) is 14.3. The SMILES string of the molecule is c1ccc(-c2cccc3cccc(-c4ccccc4N(c4ccc5c(c4)oc4ccccc45)c4ccccc4-c4ccc5c(c4)c4ccccc4n5-c4ccccc4)c23)cc1. The van der Waals surface area contributed by atoms with E-state index in [1.807, 2.05) is 12.1 Å². The van der Waals surface area contributed by atoms with Gasteiger partial charge in [0.05, 0.1) is 22.4 Å². The van der Waals surface area contributed by atoms with Crippen molar-refractivity contribution in [3.8, 4) is 39.1 Å². The standard InChI is InChI=1S/C58H38N2O/c1-3-17-39(18-4-1)45-27-15-19-40-20-16-28-50(58(40)45)46-24-8-12-30-53(46)60(43-34-35-49-48-26-10-14-32-56(48)61-57(49)38-43)52-29-11-7-23-44(52)41-33-36-55-51(37-41)47-25-9-13-31-54(47)59(55)42-21-5-2-6-22-42/h1-38H. The Morgan fingerprint density at radius 1 is 0.344 bits per heavy atom. The molecular weight excluding hydrogens is 741 g/mol. The van der Waals surface area contributed by atoms with Crippen molar-refractivity contribution >= 4 is 71.6 Å². The molecule has 0 aliphatic carbocycles. The summed E-state index contributed by atoms with van der Waals surface area (Å²) in [7, 11) is 0. The number of rotatable bonds is 7. The Labute approximate surface area is 353 Å². The normalized spacial score (nSPS) is 11.6. The van der Waals surface area contributed by atoms with Crippen LogP contribution in [0.2, 0.25) is 0 Å². The van der Waals surface area contributed by atoms with Crippen molar-refractivity contribution in [1.82, 2.24) is 4.57 Å². The summed E-state index contributed by atoms with van der Waals surface area (Å²) < 4.78 is 8.94. The van der Waals surface area contributed by atoms with Crippen LogP contribution in [0.4, 0.5) is 17.1 Å². The first kappa shape index (κ1) is 34.9. The van der Waals surface area contributed by atoms with Gasteiger partial charge in [-0.2, -0.15) is 0 Å². The molecule has 0 aliphatic heterocycles. The van der Waals surface area contributed by atoms with Gasteiger partial charge in [-0.25, -0.2) is 0 Å². The molecule has 0 spiro atoms. The van der Waals surface area contributed by atoms with Crippen molar-refractivity contribution in [2.45, 2.75) is 0 Å². The van der Waals surface area contributed by atoms with Gasteiger partial charge in [0.15, 0.2) is 0 Å². The van der Waals surface area contributed by atoms with E-state index < -0.39 is 0 Å². The van der Waals surface area contributed by atoms with Crippen LogP contribution in [0.25, 0.3) is 93.6 Å². The molecule has 0 fully saturated rings.